The van der Waals surface area contributed by atoms with E-state index in [4.69, 9.17) is 23.2 Å². The molecular formula is C11H11Cl2NO2. The second-order valence-corrected chi connectivity index (χ2v) is 4.19. The van der Waals surface area contributed by atoms with E-state index < -0.39 is 11.8 Å². The molecule has 0 saturated heterocycles. The summed E-state index contributed by atoms with van der Waals surface area (Å²) >= 11 is 12.0. The molecule has 0 aliphatic carbocycles. The van der Waals surface area contributed by atoms with Crippen molar-refractivity contribution in [3.05, 3.63) is 27.7 Å². The summed E-state index contributed by atoms with van der Waals surface area (Å²) in [6.07, 6.45) is 0. The van der Waals surface area contributed by atoms with Gasteiger partial charge in [-0.2, -0.15) is 0 Å². The molecule has 0 heterocycles. The molecule has 0 saturated carbocycles. The van der Waals surface area contributed by atoms with Crippen LogP contribution in [0.15, 0.2) is 12.1 Å². The third kappa shape index (κ3) is 2.36. The summed E-state index contributed by atoms with van der Waals surface area (Å²) in [5, 5.41) is 0.596. The second kappa shape index (κ2) is 4.85. The van der Waals surface area contributed by atoms with Gasteiger partial charge in [0.05, 0.1) is 15.7 Å². The number of imide groups is 1. The summed E-state index contributed by atoms with van der Waals surface area (Å²) in [4.78, 5) is 23.7. The van der Waals surface area contributed by atoms with Crippen LogP contribution in [0.5, 0.6) is 0 Å². The summed E-state index contributed by atoms with van der Waals surface area (Å²) in [6, 6.07) is 3.34. The molecule has 1 aromatic rings. The van der Waals surface area contributed by atoms with Crippen molar-refractivity contribution < 1.29 is 9.59 Å². The van der Waals surface area contributed by atoms with E-state index in [1.54, 1.807) is 19.1 Å². The number of amides is 2. The van der Waals surface area contributed by atoms with Crippen LogP contribution in [0.1, 0.15) is 19.4 Å². The number of carbonyl (C=O) groups excluding carboxylic acids is 2. The Balaban J connectivity index is 3.46. The second-order valence-electron chi connectivity index (χ2n) is 3.40. The Labute approximate surface area is 104 Å². The third-order valence-corrected chi connectivity index (χ3v) is 2.90. The van der Waals surface area contributed by atoms with E-state index in [2.05, 4.69) is 0 Å². The lowest BCUT2D eigenvalue weighted by Crippen LogP contribution is -2.33. The van der Waals surface area contributed by atoms with Crippen LogP contribution >= 0.6 is 23.2 Å². The van der Waals surface area contributed by atoms with Crippen molar-refractivity contribution in [3.63, 3.8) is 0 Å². The van der Waals surface area contributed by atoms with Gasteiger partial charge < -0.3 is 0 Å². The van der Waals surface area contributed by atoms with Crippen LogP contribution in [0.4, 0.5) is 5.69 Å². The van der Waals surface area contributed by atoms with Gasteiger partial charge in [-0.05, 0) is 18.6 Å². The van der Waals surface area contributed by atoms with Gasteiger partial charge >= 0.3 is 0 Å². The van der Waals surface area contributed by atoms with Crippen molar-refractivity contribution in [2.75, 3.05) is 4.90 Å². The number of anilines is 1. The quantitative estimate of drug-likeness (QED) is 0.777. The Kier molecular flexibility index (Phi) is 3.94. The summed E-state index contributed by atoms with van der Waals surface area (Å²) in [6.45, 7) is 4.35. The van der Waals surface area contributed by atoms with Gasteiger partial charge in [0.1, 0.15) is 0 Å². The average molecular weight is 260 g/mol. The van der Waals surface area contributed by atoms with Gasteiger partial charge in [0.2, 0.25) is 11.8 Å². The first kappa shape index (κ1) is 13.0. The number of nitrogens with zero attached hydrogens (tertiary/aromatic N) is 1. The monoisotopic (exact) mass is 259 g/mol. The number of hydrogen-bond acceptors (Lipinski definition) is 2. The predicted octanol–water partition coefficient (Wildman–Crippen LogP) is 3.20. The maximum Gasteiger partial charge on any atom is 0.230 e. The normalized spacial score (nSPS) is 10.1. The molecule has 1 rings (SSSR count). The zero-order valence-corrected chi connectivity index (χ0v) is 10.7. The van der Waals surface area contributed by atoms with Gasteiger partial charge in [-0.3, -0.25) is 9.59 Å². The van der Waals surface area contributed by atoms with Crippen LogP contribution in [0.2, 0.25) is 10.0 Å². The number of benzene rings is 1. The first-order valence-electron chi connectivity index (χ1n) is 4.62. The summed E-state index contributed by atoms with van der Waals surface area (Å²) in [7, 11) is 0. The largest absolute Gasteiger partial charge is 0.274 e. The maximum atomic E-state index is 11.4. The lowest BCUT2D eigenvalue weighted by molar-refractivity contribution is -0.124. The molecule has 0 aromatic heterocycles. The molecule has 16 heavy (non-hydrogen) atoms. The molecule has 0 N–H and O–H groups in total. The van der Waals surface area contributed by atoms with Crippen LogP contribution in [-0.2, 0) is 9.59 Å². The summed E-state index contributed by atoms with van der Waals surface area (Å²) in [5.41, 5.74) is 1.01. The van der Waals surface area contributed by atoms with Crippen molar-refractivity contribution in [2.24, 2.45) is 0 Å². The van der Waals surface area contributed by atoms with Gasteiger partial charge in [-0.25, -0.2) is 4.90 Å². The van der Waals surface area contributed by atoms with E-state index in [0.29, 0.717) is 5.02 Å². The molecule has 0 spiro atoms. The molecule has 5 heteroatoms. The topological polar surface area (TPSA) is 37.4 Å². The van der Waals surface area contributed by atoms with E-state index in [9.17, 15) is 9.59 Å². The Hall–Kier alpha value is -1.06. The van der Waals surface area contributed by atoms with Crippen LogP contribution < -0.4 is 4.90 Å². The van der Waals surface area contributed by atoms with E-state index in [0.717, 1.165) is 10.5 Å². The van der Waals surface area contributed by atoms with Crippen molar-refractivity contribution >= 4 is 40.7 Å². The fourth-order valence-electron chi connectivity index (χ4n) is 1.38. The zero-order chi connectivity index (χ0) is 12.5. The van der Waals surface area contributed by atoms with Crippen molar-refractivity contribution in [1.29, 1.82) is 0 Å². The molecule has 0 radical (unpaired) electrons. The maximum absolute atomic E-state index is 11.4. The molecule has 2 amide bonds. The minimum Gasteiger partial charge on any atom is -0.274 e. The standard InChI is InChI=1S/C11H11Cl2NO2/c1-6-4-5-9(12)11(10(6)13)14(7(2)15)8(3)16/h4-5H,1-3H3. The SMILES string of the molecule is CC(=O)N(C(C)=O)c1c(Cl)ccc(C)c1Cl. The number of carbonyl (C=O) groups is 2. The highest BCUT2D eigenvalue weighted by atomic mass is 35.5. The number of hydrogen-bond donors (Lipinski definition) is 0. The van der Waals surface area contributed by atoms with Crippen molar-refractivity contribution in [3.8, 4) is 0 Å². The van der Waals surface area contributed by atoms with Crippen LogP contribution in [-0.4, -0.2) is 11.8 Å². The van der Waals surface area contributed by atoms with E-state index in [1.807, 2.05) is 0 Å². The van der Waals surface area contributed by atoms with Crippen LogP contribution in [0.3, 0.4) is 0 Å². The zero-order valence-electron chi connectivity index (χ0n) is 9.17. The third-order valence-electron chi connectivity index (χ3n) is 2.11. The molecule has 86 valence electrons. The summed E-state index contributed by atoms with van der Waals surface area (Å²) < 4.78 is 0. The molecule has 0 bridgehead atoms. The average Bonchev–Trinajstić information content (AvgIpc) is 2.17. The highest BCUT2D eigenvalue weighted by Crippen LogP contribution is 2.36. The number of rotatable bonds is 1. The van der Waals surface area contributed by atoms with Gasteiger partial charge in [-0.15, -0.1) is 0 Å². The van der Waals surface area contributed by atoms with Gasteiger partial charge in [0.25, 0.3) is 0 Å². The van der Waals surface area contributed by atoms with Gasteiger partial charge in [0.15, 0.2) is 0 Å². The fourth-order valence-corrected chi connectivity index (χ4v) is 1.92. The minimum absolute atomic E-state index is 0.253. The number of halogens is 2. The molecule has 0 aliphatic rings. The van der Waals surface area contributed by atoms with E-state index in [-0.39, 0.29) is 10.7 Å². The lowest BCUT2D eigenvalue weighted by Gasteiger charge is -2.20. The first-order chi connectivity index (χ1) is 7.36. The fraction of sp³-hybridized carbons (Fsp3) is 0.273. The molecule has 0 atom stereocenters. The lowest BCUT2D eigenvalue weighted by atomic mass is 10.2. The Bertz CT molecular complexity index is 444. The van der Waals surface area contributed by atoms with Gasteiger partial charge in [-0.1, -0.05) is 29.3 Å². The highest BCUT2D eigenvalue weighted by molar-refractivity contribution is 6.41. The van der Waals surface area contributed by atoms with Crippen molar-refractivity contribution in [2.45, 2.75) is 20.8 Å². The predicted molar refractivity (Wildman–Crippen MR) is 65.0 cm³/mol. The van der Waals surface area contributed by atoms with Crippen molar-refractivity contribution in [1.82, 2.24) is 0 Å². The minimum atomic E-state index is -0.415. The van der Waals surface area contributed by atoms with Crippen LogP contribution in [0.25, 0.3) is 0 Å². The molecular weight excluding hydrogens is 249 g/mol. The van der Waals surface area contributed by atoms with Crippen LogP contribution in [0, 0.1) is 6.92 Å². The Morgan fingerprint density at radius 1 is 1.12 bits per heavy atom. The summed E-state index contributed by atoms with van der Waals surface area (Å²) in [5.74, 6) is -0.830. The van der Waals surface area contributed by atoms with E-state index >= 15 is 0 Å². The molecule has 0 fully saturated rings. The molecule has 3 nitrogen and oxygen atoms in total. The number of aryl methyl sites for hydroxylation is 1. The molecule has 0 aliphatic heterocycles. The smallest absolute Gasteiger partial charge is 0.230 e. The molecule has 1 aromatic carbocycles. The highest BCUT2D eigenvalue weighted by Gasteiger charge is 2.22. The molecule has 0 unspecified atom stereocenters. The first-order valence-corrected chi connectivity index (χ1v) is 5.37. The Morgan fingerprint density at radius 3 is 2.06 bits per heavy atom. The Morgan fingerprint density at radius 2 is 1.62 bits per heavy atom. The van der Waals surface area contributed by atoms with E-state index in [1.165, 1.54) is 13.8 Å². The van der Waals surface area contributed by atoms with Gasteiger partial charge in [0, 0.05) is 13.8 Å².